The zero-order valence-electron chi connectivity index (χ0n) is 8.96. The zero-order chi connectivity index (χ0) is 11.7. The van der Waals surface area contributed by atoms with Crippen LogP contribution in [0.25, 0.3) is 0 Å². The normalized spacial score (nSPS) is 9.20. The summed E-state index contributed by atoms with van der Waals surface area (Å²) in [7, 11) is 0. The number of ether oxygens (including phenoxy) is 1. The largest absolute Gasteiger partial charge is 0.459 e. The van der Waals surface area contributed by atoms with Crippen molar-refractivity contribution in [3.05, 3.63) is 0 Å². The fourth-order valence-electron chi connectivity index (χ4n) is 0.844. The van der Waals surface area contributed by atoms with E-state index < -0.39 is 11.9 Å². The van der Waals surface area contributed by atoms with Crippen LogP contribution in [0.3, 0.4) is 0 Å². The second kappa shape index (κ2) is 7.78. The lowest BCUT2D eigenvalue weighted by Gasteiger charge is -2.04. The minimum absolute atomic E-state index is 0.128. The molecule has 0 aliphatic heterocycles. The summed E-state index contributed by atoms with van der Waals surface area (Å²) in [5, 5.41) is 4.85. The molecule has 0 bridgehead atoms. The van der Waals surface area contributed by atoms with Crippen LogP contribution in [-0.4, -0.2) is 37.5 Å². The average Bonchev–Trinajstić information content (AvgIpc) is 2.18. The highest BCUT2D eigenvalue weighted by Gasteiger charge is 2.13. The van der Waals surface area contributed by atoms with Crippen molar-refractivity contribution in [1.29, 1.82) is 0 Å². The third-order valence-corrected chi connectivity index (χ3v) is 1.47. The highest BCUT2D eigenvalue weighted by Crippen LogP contribution is 1.81. The van der Waals surface area contributed by atoms with Gasteiger partial charge in [0.15, 0.2) is 0 Å². The molecule has 6 heteroatoms. The summed E-state index contributed by atoms with van der Waals surface area (Å²) in [5.74, 6) is -1.91. The number of rotatable bonds is 5. The van der Waals surface area contributed by atoms with Gasteiger partial charge in [0.1, 0.15) is 0 Å². The Morgan fingerprint density at radius 1 is 1.13 bits per heavy atom. The van der Waals surface area contributed by atoms with Gasteiger partial charge in [-0.3, -0.25) is 9.59 Å². The summed E-state index contributed by atoms with van der Waals surface area (Å²) < 4.78 is 4.46. The first kappa shape index (κ1) is 13.4. The van der Waals surface area contributed by atoms with Gasteiger partial charge in [-0.05, 0) is 13.8 Å². The maximum atomic E-state index is 11.0. The minimum atomic E-state index is -0.923. The fraction of sp³-hybridized carbons (Fsp3) is 0.667. The molecule has 0 unspecified atom stereocenters. The Morgan fingerprint density at radius 3 is 2.33 bits per heavy atom. The van der Waals surface area contributed by atoms with Crippen molar-refractivity contribution >= 4 is 17.8 Å². The Bertz CT molecular complexity index is 240. The lowest BCUT2D eigenvalue weighted by Crippen LogP contribution is -2.35. The minimum Gasteiger partial charge on any atom is -0.459 e. The molecule has 2 N–H and O–H groups in total. The van der Waals surface area contributed by atoms with Crippen molar-refractivity contribution in [1.82, 2.24) is 10.6 Å². The van der Waals surface area contributed by atoms with Crippen molar-refractivity contribution < 1.29 is 19.1 Å². The molecule has 0 aromatic heterocycles. The molecule has 0 fully saturated rings. The summed E-state index contributed by atoms with van der Waals surface area (Å²) in [6, 6.07) is 0. The molecule has 86 valence electrons. The first-order valence-corrected chi connectivity index (χ1v) is 4.83. The van der Waals surface area contributed by atoms with Crippen LogP contribution in [0.4, 0.5) is 0 Å². The summed E-state index contributed by atoms with van der Waals surface area (Å²) in [5.41, 5.74) is 0. The third kappa shape index (κ3) is 6.48. The maximum absolute atomic E-state index is 11.0. The number of esters is 1. The van der Waals surface area contributed by atoms with Gasteiger partial charge in [0.05, 0.1) is 6.61 Å². The first-order valence-electron chi connectivity index (χ1n) is 4.83. The van der Waals surface area contributed by atoms with Crippen LogP contribution < -0.4 is 10.6 Å². The van der Waals surface area contributed by atoms with Crippen LogP contribution in [0.2, 0.25) is 0 Å². The summed E-state index contributed by atoms with van der Waals surface area (Å²) in [6.07, 6.45) is 0.152. The van der Waals surface area contributed by atoms with Crippen molar-refractivity contribution in [3.63, 3.8) is 0 Å². The molecule has 0 aliphatic carbocycles. The molecule has 15 heavy (non-hydrogen) atoms. The molecule has 0 saturated heterocycles. The molecular formula is C9H16N2O4. The van der Waals surface area contributed by atoms with E-state index in [-0.39, 0.29) is 25.5 Å². The molecule has 0 spiro atoms. The molecule has 0 aromatic rings. The molecule has 2 amide bonds. The maximum Gasteiger partial charge on any atom is 0.396 e. The van der Waals surface area contributed by atoms with E-state index in [1.54, 1.807) is 13.8 Å². The van der Waals surface area contributed by atoms with Crippen molar-refractivity contribution in [3.8, 4) is 0 Å². The quantitative estimate of drug-likeness (QED) is 0.465. The molecule has 0 rings (SSSR count). The van der Waals surface area contributed by atoms with E-state index in [1.165, 1.54) is 0 Å². The van der Waals surface area contributed by atoms with Gasteiger partial charge in [0, 0.05) is 19.5 Å². The Morgan fingerprint density at radius 2 is 1.80 bits per heavy atom. The van der Waals surface area contributed by atoms with Crippen LogP contribution in [0.5, 0.6) is 0 Å². The van der Waals surface area contributed by atoms with E-state index >= 15 is 0 Å². The molecule has 6 nitrogen and oxygen atoms in total. The third-order valence-electron chi connectivity index (χ3n) is 1.47. The van der Waals surface area contributed by atoms with E-state index in [2.05, 4.69) is 15.4 Å². The summed E-state index contributed by atoms with van der Waals surface area (Å²) in [6.45, 7) is 4.24. The standard InChI is InChI=1S/C9H16N2O4/c1-3-10-7(12)5-6-11-8(13)9(14)15-4-2/h3-6H2,1-2H3,(H,10,12)(H,11,13). The van der Waals surface area contributed by atoms with E-state index in [1.807, 2.05) is 0 Å². The highest BCUT2D eigenvalue weighted by molar-refractivity contribution is 6.32. The Kier molecular flexibility index (Phi) is 6.96. The second-order valence-electron chi connectivity index (χ2n) is 2.68. The second-order valence-corrected chi connectivity index (χ2v) is 2.68. The monoisotopic (exact) mass is 216 g/mol. The fourth-order valence-corrected chi connectivity index (χ4v) is 0.844. The van der Waals surface area contributed by atoms with Crippen LogP contribution >= 0.6 is 0 Å². The average molecular weight is 216 g/mol. The molecule has 0 atom stereocenters. The summed E-state index contributed by atoms with van der Waals surface area (Å²) in [4.78, 5) is 32.7. The van der Waals surface area contributed by atoms with Gasteiger partial charge in [0.2, 0.25) is 5.91 Å². The Labute approximate surface area is 88.4 Å². The number of carbonyl (C=O) groups is 3. The molecule has 0 heterocycles. The van der Waals surface area contributed by atoms with Gasteiger partial charge in [0.25, 0.3) is 0 Å². The number of nitrogens with one attached hydrogen (secondary N) is 2. The predicted molar refractivity (Wildman–Crippen MR) is 52.9 cm³/mol. The Hall–Kier alpha value is -1.59. The highest BCUT2D eigenvalue weighted by atomic mass is 16.5. The van der Waals surface area contributed by atoms with Gasteiger partial charge in [-0.25, -0.2) is 4.79 Å². The zero-order valence-corrected chi connectivity index (χ0v) is 8.96. The molecular weight excluding hydrogens is 200 g/mol. The molecule has 0 saturated carbocycles. The van der Waals surface area contributed by atoms with Gasteiger partial charge < -0.3 is 15.4 Å². The molecule has 0 aromatic carbocycles. The lowest BCUT2D eigenvalue weighted by molar-refractivity contribution is -0.154. The smallest absolute Gasteiger partial charge is 0.396 e. The van der Waals surface area contributed by atoms with Gasteiger partial charge >= 0.3 is 11.9 Å². The number of amides is 2. The van der Waals surface area contributed by atoms with Crippen molar-refractivity contribution in [2.45, 2.75) is 20.3 Å². The Balaban J connectivity index is 3.63. The van der Waals surface area contributed by atoms with Crippen molar-refractivity contribution in [2.75, 3.05) is 19.7 Å². The number of hydrogen-bond donors (Lipinski definition) is 2. The number of carbonyl (C=O) groups excluding carboxylic acids is 3. The lowest BCUT2D eigenvalue weighted by atomic mass is 10.4. The molecule has 0 aliphatic rings. The van der Waals surface area contributed by atoms with Crippen LogP contribution in [0.1, 0.15) is 20.3 Å². The van der Waals surface area contributed by atoms with Crippen molar-refractivity contribution in [2.24, 2.45) is 0 Å². The van der Waals surface area contributed by atoms with E-state index in [0.717, 1.165) is 0 Å². The van der Waals surface area contributed by atoms with E-state index in [9.17, 15) is 14.4 Å². The van der Waals surface area contributed by atoms with E-state index in [4.69, 9.17) is 0 Å². The van der Waals surface area contributed by atoms with Gasteiger partial charge in [-0.2, -0.15) is 0 Å². The van der Waals surface area contributed by atoms with Gasteiger partial charge in [-0.15, -0.1) is 0 Å². The van der Waals surface area contributed by atoms with Crippen LogP contribution in [0, 0.1) is 0 Å². The van der Waals surface area contributed by atoms with Crippen LogP contribution in [-0.2, 0) is 19.1 Å². The summed E-state index contributed by atoms with van der Waals surface area (Å²) >= 11 is 0. The van der Waals surface area contributed by atoms with E-state index in [0.29, 0.717) is 6.54 Å². The number of hydrogen-bond acceptors (Lipinski definition) is 4. The predicted octanol–water partition coefficient (Wildman–Crippen LogP) is -0.808. The van der Waals surface area contributed by atoms with Crippen LogP contribution in [0.15, 0.2) is 0 Å². The first-order chi connectivity index (χ1) is 7.11. The van der Waals surface area contributed by atoms with Gasteiger partial charge in [-0.1, -0.05) is 0 Å². The molecule has 0 radical (unpaired) electrons. The topological polar surface area (TPSA) is 84.5 Å². The SMILES string of the molecule is CCNC(=O)CCNC(=O)C(=O)OCC.